The highest BCUT2D eigenvalue weighted by atomic mass is 32.2. The first-order valence-electron chi connectivity index (χ1n) is 7.26. The number of carbonyl (C=O) groups is 1. The maximum Gasteiger partial charge on any atom is 0.252 e. The molecule has 0 unspecified atom stereocenters. The molecule has 2 heterocycles. The number of fused-ring (bicyclic) bond motifs is 1. The van der Waals surface area contributed by atoms with Crippen LogP contribution in [0.5, 0.6) is 0 Å². The molecule has 1 aromatic heterocycles. The van der Waals surface area contributed by atoms with Gasteiger partial charge in [-0.15, -0.1) is 11.8 Å². The summed E-state index contributed by atoms with van der Waals surface area (Å²) >= 11 is 1.95. The summed E-state index contributed by atoms with van der Waals surface area (Å²) in [6, 6.07) is 10.2. The van der Waals surface area contributed by atoms with Gasteiger partial charge in [-0.05, 0) is 54.3 Å². The van der Waals surface area contributed by atoms with Gasteiger partial charge in [-0.2, -0.15) is 0 Å². The van der Waals surface area contributed by atoms with Crippen LogP contribution in [0.15, 0.2) is 47.6 Å². The van der Waals surface area contributed by atoms with E-state index in [2.05, 4.69) is 28.5 Å². The zero-order valence-corrected chi connectivity index (χ0v) is 12.7. The molecule has 0 fully saturated rings. The van der Waals surface area contributed by atoms with Crippen molar-refractivity contribution in [2.45, 2.75) is 24.2 Å². The van der Waals surface area contributed by atoms with Crippen LogP contribution in [0.4, 0.5) is 0 Å². The van der Waals surface area contributed by atoms with Gasteiger partial charge in [-0.3, -0.25) is 9.78 Å². The Labute approximate surface area is 129 Å². The first-order chi connectivity index (χ1) is 10.3. The summed E-state index contributed by atoms with van der Waals surface area (Å²) in [4.78, 5) is 17.3. The molecule has 2 aromatic rings. The summed E-state index contributed by atoms with van der Waals surface area (Å²) in [6.07, 6.45) is 6.56. The number of nitrogens with zero attached hydrogens (tertiary/aromatic N) is 1. The number of aryl methyl sites for hydroxylation is 1. The zero-order valence-electron chi connectivity index (χ0n) is 11.8. The Bertz CT molecular complexity index is 628. The lowest BCUT2D eigenvalue weighted by Crippen LogP contribution is -2.25. The van der Waals surface area contributed by atoms with Gasteiger partial charge in [0, 0.05) is 23.8 Å². The van der Waals surface area contributed by atoms with Crippen molar-refractivity contribution in [1.29, 1.82) is 0 Å². The average molecular weight is 298 g/mol. The third-order valence-electron chi connectivity index (χ3n) is 3.60. The molecule has 1 aliphatic rings. The number of hydrogen-bond acceptors (Lipinski definition) is 3. The third kappa shape index (κ3) is 3.64. The largest absolute Gasteiger partial charge is 0.352 e. The molecule has 1 N–H and O–H groups in total. The number of aromatic nitrogens is 1. The van der Waals surface area contributed by atoms with Crippen molar-refractivity contribution in [3.05, 3.63) is 59.4 Å². The van der Waals surface area contributed by atoms with Gasteiger partial charge in [0.25, 0.3) is 5.91 Å². The van der Waals surface area contributed by atoms with Gasteiger partial charge in [0.05, 0.1) is 5.56 Å². The SMILES string of the molecule is O=C(NCCc1ccc2c(c1)CCCS2)c1cccnc1. The second kappa shape index (κ2) is 6.76. The summed E-state index contributed by atoms with van der Waals surface area (Å²) in [5, 5.41) is 2.94. The number of rotatable bonds is 4. The molecule has 21 heavy (non-hydrogen) atoms. The lowest BCUT2D eigenvalue weighted by Gasteiger charge is -2.16. The van der Waals surface area contributed by atoms with Crippen LogP contribution in [0, 0.1) is 0 Å². The number of thioether (sulfide) groups is 1. The Hall–Kier alpha value is -1.81. The summed E-state index contributed by atoms with van der Waals surface area (Å²) in [5.74, 6) is 1.17. The van der Waals surface area contributed by atoms with Crippen molar-refractivity contribution in [1.82, 2.24) is 10.3 Å². The molecule has 3 rings (SSSR count). The number of hydrogen-bond donors (Lipinski definition) is 1. The van der Waals surface area contributed by atoms with E-state index in [1.807, 2.05) is 11.8 Å². The van der Waals surface area contributed by atoms with E-state index in [1.165, 1.54) is 34.6 Å². The van der Waals surface area contributed by atoms with Crippen LogP contribution in [0.3, 0.4) is 0 Å². The van der Waals surface area contributed by atoms with Crippen molar-refractivity contribution in [2.24, 2.45) is 0 Å². The minimum atomic E-state index is -0.0587. The highest BCUT2D eigenvalue weighted by molar-refractivity contribution is 7.99. The molecule has 1 aromatic carbocycles. The highest BCUT2D eigenvalue weighted by Gasteiger charge is 2.10. The number of amides is 1. The Morgan fingerprint density at radius 2 is 2.29 bits per heavy atom. The Morgan fingerprint density at radius 1 is 1.33 bits per heavy atom. The molecule has 0 atom stereocenters. The second-order valence-corrected chi connectivity index (χ2v) is 6.28. The van der Waals surface area contributed by atoms with Crippen molar-refractivity contribution in [3.63, 3.8) is 0 Å². The molecule has 1 aliphatic heterocycles. The third-order valence-corrected chi connectivity index (χ3v) is 4.80. The summed E-state index contributed by atoms with van der Waals surface area (Å²) in [7, 11) is 0. The predicted molar refractivity (Wildman–Crippen MR) is 85.8 cm³/mol. The van der Waals surface area contributed by atoms with Crippen LogP contribution in [0.25, 0.3) is 0 Å². The van der Waals surface area contributed by atoms with Crippen molar-refractivity contribution >= 4 is 17.7 Å². The second-order valence-electron chi connectivity index (χ2n) is 5.14. The van der Waals surface area contributed by atoms with Gasteiger partial charge in [-0.25, -0.2) is 0 Å². The van der Waals surface area contributed by atoms with Gasteiger partial charge in [0.2, 0.25) is 0 Å². The fraction of sp³-hybridized carbons (Fsp3) is 0.294. The van der Waals surface area contributed by atoms with Crippen molar-refractivity contribution in [2.75, 3.05) is 12.3 Å². The predicted octanol–water partition coefficient (Wildman–Crippen LogP) is 3.09. The van der Waals surface area contributed by atoms with Crippen LogP contribution in [0.2, 0.25) is 0 Å². The molecule has 3 nitrogen and oxygen atoms in total. The molecule has 4 heteroatoms. The quantitative estimate of drug-likeness (QED) is 0.943. The van der Waals surface area contributed by atoms with Crippen LogP contribution >= 0.6 is 11.8 Å². The number of nitrogens with one attached hydrogen (secondary N) is 1. The van der Waals surface area contributed by atoms with Crippen molar-refractivity contribution in [3.8, 4) is 0 Å². The molecule has 0 radical (unpaired) electrons. The van der Waals surface area contributed by atoms with Crippen LogP contribution in [0.1, 0.15) is 27.9 Å². The first-order valence-corrected chi connectivity index (χ1v) is 8.24. The van der Waals surface area contributed by atoms with Crippen LogP contribution < -0.4 is 5.32 Å². The minimum absolute atomic E-state index is 0.0587. The highest BCUT2D eigenvalue weighted by Crippen LogP contribution is 2.30. The monoisotopic (exact) mass is 298 g/mol. The molecule has 0 saturated heterocycles. The van der Waals surface area contributed by atoms with E-state index in [9.17, 15) is 4.79 Å². The van der Waals surface area contributed by atoms with Crippen molar-refractivity contribution < 1.29 is 4.79 Å². The van der Waals surface area contributed by atoms with E-state index >= 15 is 0 Å². The lowest BCUT2D eigenvalue weighted by atomic mass is 10.0. The Balaban J connectivity index is 1.55. The maximum atomic E-state index is 11.9. The minimum Gasteiger partial charge on any atom is -0.352 e. The van der Waals surface area contributed by atoms with Gasteiger partial charge >= 0.3 is 0 Å². The number of carbonyl (C=O) groups excluding carboxylic acids is 1. The standard InChI is InChI=1S/C17H18N2OS/c20-17(15-3-1-8-18-12-15)19-9-7-13-5-6-16-14(11-13)4-2-10-21-16/h1,3,5-6,8,11-12H,2,4,7,9-10H2,(H,19,20). The van der Waals surface area contributed by atoms with E-state index in [-0.39, 0.29) is 5.91 Å². The number of pyridine rings is 1. The van der Waals surface area contributed by atoms with E-state index in [1.54, 1.807) is 24.5 Å². The van der Waals surface area contributed by atoms with E-state index in [0.29, 0.717) is 12.1 Å². The summed E-state index contributed by atoms with van der Waals surface area (Å²) in [5.41, 5.74) is 3.37. The summed E-state index contributed by atoms with van der Waals surface area (Å²) in [6.45, 7) is 0.652. The normalized spacial score (nSPS) is 13.5. The van der Waals surface area contributed by atoms with Gasteiger partial charge < -0.3 is 5.32 Å². The van der Waals surface area contributed by atoms with E-state index in [4.69, 9.17) is 0 Å². The van der Waals surface area contributed by atoms with Gasteiger partial charge in [-0.1, -0.05) is 12.1 Å². The van der Waals surface area contributed by atoms with Crippen LogP contribution in [-0.4, -0.2) is 23.2 Å². The smallest absolute Gasteiger partial charge is 0.252 e. The van der Waals surface area contributed by atoms with E-state index < -0.39 is 0 Å². The Kier molecular flexibility index (Phi) is 4.55. The van der Waals surface area contributed by atoms with Gasteiger partial charge in [0.1, 0.15) is 0 Å². The molecule has 0 aliphatic carbocycles. The molecular formula is C17H18N2OS. The fourth-order valence-corrected chi connectivity index (χ4v) is 3.51. The van der Waals surface area contributed by atoms with Gasteiger partial charge in [0.15, 0.2) is 0 Å². The van der Waals surface area contributed by atoms with E-state index in [0.717, 1.165) is 6.42 Å². The topological polar surface area (TPSA) is 42.0 Å². The number of benzene rings is 1. The lowest BCUT2D eigenvalue weighted by molar-refractivity contribution is 0.0954. The fourth-order valence-electron chi connectivity index (χ4n) is 2.49. The molecule has 108 valence electrons. The average Bonchev–Trinajstić information content (AvgIpc) is 2.55. The first kappa shape index (κ1) is 14.1. The zero-order chi connectivity index (χ0) is 14.5. The summed E-state index contributed by atoms with van der Waals surface area (Å²) < 4.78 is 0. The molecule has 1 amide bonds. The molecule has 0 saturated carbocycles. The Morgan fingerprint density at radius 3 is 3.14 bits per heavy atom. The molecule has 0 spiro atoms. The molecular weight excluding hydrogens is 280 g/mol. The van der Waals surface area contributed by atoms with Crippen LogP contribution in [-0.2, 0) is 12.8 Å². The maximum absolute atomic E-state index is 11.9. The molecule has 0 bridgehead atoms.